The number of nitrogens with zero attached hydrogens (tertiary/aromatic N) is 3. The molecule has 0 N–H and O–H groups in total. The zero-order valence-corrected chi connectivity index (χ0v) is 19.3. The van der Waals surface area contributed by atoms with E-state index >= 15 is 0 Å². The van der Waals surface area contributed by atoms with Gasteiger partial charge in [-0.15, -0.1) is 11.3 Å². The number of amides is 2. The minimum atomic E-state index is -3.54. The molecule has 1 atom stereocenters. The molecule has 2 heterocycles. The number of ether oxygens (including phenoxy) is 1. The van der Waals surface area contributed by atoms with Crippen LogP contribution >= 0.6 is 11.3 Å². The summed E-state index contributed by atoms with van der Waals surface area (Å²) >= 11 is 1.27. The van der Waals surface area contributed by atoms with Crippen molar-refractivity contribution in [2.75, 3.05) is 19.3 Å². The van der Waals surface area contributed by atoms with E-state index in [1.165, 1.54) is 11.3 Å². The van der Waals surface area contributed by atoms with Crippen LogP contribution in [0.25, 0.3) is 0 Å². The molecule has 1 aromatic heterocycles. The van der Waals surface area contributed by atoms with Crippen LogP contribution in [0.3, 0.4) is 0 Å². The van der Waals surface area contributed by atoms with Gasteiger partial charge in [0.25, 0.3) is 10.1 Å². The summed E-state index contributed by atoms with van der Waals surface area (Å²) < 4.78 is 32.4. The third-order valence-corrected chi connectivity index (χ3v) is 5.51. The Hall–Kier alpha value is -1.72. The molecule has 0 bridgehead atoms. The average molecular weight is 448 g/mol. The van der Waals surface area contributed by atoms with Crippen LogP contribution in [0.1, 0.15) is 45.3 Å². The Morgan fingerprint density at radius 3 is 2.52 bits per heavy atom. The number of hydrogen-bond acceptors (Lipinski definition) is 8. The summed E-state index contributed by atoms with van der Waals surface area (Å²) in [5.41, 5.74) is 0.0215. The molecule has 2 rings (SSSR count). The first-order chi connectivity index (χ1) is 13.3. The molecule has 1 aliphatic heterocycles. The van der Waals surface area contributed by atoms with Crippen molar-refractivity contribution in [3.63, 3.8) is 0 Å². The van der Waals surface area contributed by atoms with Crippen LogP contribution in [0.5, 0.6) is 0 Å². The van der Waals surface area contributed by atoms with Crippen LogP contribution in [0.2, 0.25) is 0 Å². The highest BCUT2D eigenvalue weighted by Gasteiger charge is 2.40. The van der Waals surface area contributed by atoms with Crippen LogP contribution in [0, 0.1) is 5.92 Å². The predicted molar refractivity (Wildman–Crippen MR) is 109 cm³/mol. The highest BCUT2D eigenvalue weighted by molar-refractivity contribution is 7.85. The summed E-state index contributed by atoms with van der Waals surface area (Å²) in [5.74, 6) is -0.496. The molecular weight excluding hydrogens is 418 g/mol. The maximum absolute atomic E-state index is 12.9. The molecular formula is C18H29N3O6S2. The van der Waals surface area contributed by atoms with Crippen molar-refractivity contribution in [3.8, 4) is 0 Å². The highest BCUT2D eigenvalue weighted by Crippen LogP contribution is 2.23. The SMILES string of the molecule is CC(C)[C@@H](C(=O)OC(C)(C)C)N1CCN(Cc2csc(COS(C)(=O)=O)n2)C1=O. The van der Waals surface area contributed by atoms with E-state index < -0.39 is 27.7 Å². The van der Waals surface area contributed by atoms with Crippen LogP contribution < -0.4 is 0 Å². The lowest BCUT2D eigenvalue weighted by Crippen LogP contribution is -2.49. The van der Waals surface area contributed by atoms with E-state index in [0.29, 0.717) is 23.8 Å². The molecule has 1 saturated heterocycles. The number of hydrogen-bond donors (Lipinski definition) is 0. The molecule has 11 heteroatoms. The fourth-order valence-electron chi connectivity index (χ4n) is 2.97. The molecule has 0 radical (unpaired) electrons. The Bertz CT molecular complexity index is 844. The van der Waals surface area contributed by atoms with Crippen molar-refractivity contribution in [2.45, 2.75) is 59.4 Å². The van der Waals surface area contributed by atoms with Crippen LogP contribution in [0.15, 0.2) is 5.38 Å². The van der Waals surface area contributed by atoms with E-state index in [1.807, 2.05) is 13.8 Å². The molecule has 0 aromatic carbocycles. The average Bonchev–Trinajstić information content (AvgIpc) is 3.12. The minimum absolute atomic E-state index is 0.0900. The van der Waals surface area contributed by atoms with E-state index in [1.54, 1.807) is 36.0 Å². The predicted octanol–water partition coefficient (Wildman–Crippen LogP) is 2.22. The van der Waals surface area contributed by atoms with Gasteiger partial charge in [0.05, 0.1) is 18.5 Å². The third-order valence-electron chi connectivity index (χ3n) is 4.09. The first-order valence-electron chi connectivity index (χ1n) is 9.33. The van der Waals surface area contributed by atoms with Crippen molar-refractivity contribution >= 4 is 33.5 Å². The Morgan fingerprint density at radius 1 is 1.31 bits per heavy atom. The van der Waals surface area contributed by atoms with Gasteiger partial charge in [-0.2, -0.15) is 8.42 Å². The van der Waals surface area contributed by atoms with Crippen molar-refractivity contribution in [1.82, 2.24) is 14.8 Å². The van der Waals surface area contributed by atoms with Gasteiger partial charge >= 0.3 is 12.0 Å². The van der Waals surface area contributed by atoms with Crippen LogP contribution in [-0.2, 0) is 37.0 Å². The second-order valence-electron chi connectivity index (χ2n) is 8.32. The number of thiazole rings is 1. The zero-order valence-electron chi connectivity index (χ0n) is 17.7. The molecule has 0 unspecified atom stereocenters. The highest BCUT2D eigenvalue weighted by atomic mass is 32.2. The number of urea groups is 1. The van der Waals surface area contributed by atoms with E-state index in [-0.39, 0.29) is 25.1 Å². The number of carbonyl (C=O) groups excluding carboxylic acids is 2. The summed E-state index contributed by atoms with van der Waals surface area (Å²) in [6.07, 6.45) is 0.981. The molecule has 2 amide bonds. The molecule has 9 nitrogen and oxygen atoms in total. The molecule has 164 valence electrons. The van der Waals surface area contributed by atoms with Crippen molar-refractivity contribution in [2.24, 2.45) is 5.92 Å². The van der Waals surface area contributed by atoms with Gasteiger partial charge in [-0.1, -0.05) is 13.8 Å². The summed E-state index contributed by atoms with van der Waals surface area (Å²) in [6.45, 7) is 10.2. The maximum atomic E-state index is 12.9. The fourth-order valence-corrected chi connectivity index (χ4v) is 4.06. The Balaban J connectivity index is 2.03. The minimum Gasteiger partial charge on any atom is -0.458 e. The van der Waals surface area contributed by atoms with E-state index in [0.717, 1.165) is 6.26 Å². The molecule has 0 spiro atoms. The summed E-state index contributed by atoms with van der Waals surface area (Å²) in [5, 5.41) is 2.28. The van der Waals surface area contributed by atoms with Gasteiger partial charge in [0.1, 0.15) is 23.3 Å². The van der Waals surface area contributed by atoms with E-state index in [4.69, 9.17) is 8.92 Å². The lowest BCUT2D eigenvalue weighted by atomic mass is 10.0. The normalized spacial score (nSPS) is 16.6. The Labute approximate surface area is 176 Å². The summed E-state index contributed by atoms with van der Waals surface area (Å²) in [7, 11) is -3.54. The first kappa shape index (κ1) is 23.6. The standard InChI is InChI=1S/C18H29N3O6S2/c1-12(2)15(16(22)27-18(3,4)5)21-8-7-20(17(21)23)9-13-11-28-14(19-13)10-26-29(6,24)25/h11-12,15H,7-10H2,1-6H3/t15-/m0/s1. The monoisotopic (exact) mass is 447 g/mol. The largest absolute Gasteiger partial charge is 0.458 e. The second-order valence-corrected chi connectivity index (χ2v) is 10.9. The summed E-state index contributed by atoms with van der Waals surface area (Å²) in [6, 6.07) is -0.891. The van der Waals surface area contributed by atoms with Gasteiger partial charge in [0, 0.05) is 18.5 Å². The zero-order chi connectivity index (χ0) is 22.0. The first-order valence-corrected chi connectivity index (χ1v) is 12.0. The second kappa shape index (κ2) is 8.97. The molecule has 1 fully saturated rings. The van der Waals surface area contributed by atoms with Crippen molar-refractivity contribution < 1.29 is 26.9 Å². The van der Waals surface area contributed by atoms with Gasteiger partial charge < -0.3 is 14.5 Å². The van der Waals surface area contributed by atoms with Gasteiger partial charge in [-0.05, 0) is 26.7 Å². The lowest BCUT2D eigenvalue weighted by Gasteiger charge is -2.31. The van der Waals surface area contributed by atoms with Gasteiger partial charge in [-0.25, -0.2) is 14.6 Å². The number of carbonyl (C=O) groups is 2. The number of aromatic nitrogens is 1. The molecule has 0 saturated carbocycles. The number of esters is 1. The van der Waals surface area contributed by atoms with E-state index in [2.05, 4.69) is 4.98 Å². The van der Waals surface area contributed by atoms with Gasteiger partial charge in [0.2, 0.25) is 0 Å². The van der Waals surface area contributed by atoms with Crippen LogP contribution in [0.4, 0.5) is 4.79 Å². The quantitative estimate of drug-likeness (QED) is 0.444. The Morgan fingerprint density at radius 2 is 1.97 bits per heavy atom. The van der Waals surface area contributed by atoms with Gasteiger partial charge in [0.15, 0.2) is 0 Å². The Kier molecular flexibility index (Phi) is 7.28. The fraction of sp³-hybridized carbons (Fsp3) is 0.722. The van der Waals surface area contributed by atoms with E-state index in [9.17, 15) is 18.0 Å². The lowest BCUT2D eigenvalue weighted by molar-refractivity contribution is -0.161. The molecule has 29 heavy (non-hydrogen) atoms. The topological polar surface area (TPSA) is 106 Å². The summed E-state index contributed by atoms with van der Waals surface area (Å²) in [4.78, 5) is 33.1. The van der Waals surface area contributed by atoms with Gasteiger partial charge in [-0.3, -0.25) is 4.18 Å². The third kappa shape index (κ3) is 6.93. The van der Waals surface area contributed by atoms with Crippen LogP contribution in [-0.4, -0.2) is 66.2 Å². The molecule has 1 aromatic rings. The van der Waals surface area contributed by atoms with Crippen molar-refractivity contribution in [1.29, 1.82) is 0 Å². The maximum Gasteiger partial charge on any atom is 0.329 e. The molecule has 0 aliphatic carbocycles. The number of rotatable bonds is 8. The van der Waals surface area contributed by atoms with Crippen molar-refractivity contribution in [3.05, 3.63) is 16.1 Å². The smallest absolute Gasteiger partial charge is 0.329 e. The molecule has 1 aliphatic rings.